The highest BCUT2D eigenvalue weighted by Gasteiger charge is 2.29. The molecule has 0 spiro atoms. The number of Topliss-reactive ketones (excluding diaryl/α,β-unsaturated/α-hetero) is 1. The lowest BCUT2D eigenvalue weighted by molar-refractivity contribution is -0.116. The molecule has 0 saturated heterocycles. The normalized spacial score (nSPS) is 25.6. The Balaban J connectivity index is 2.21. The lowest BCUT2D eigenvalue weighted by atomic mass is 9.82. The van der Waals surface area contributed by atoms with Crippen molar-refractivity contribution in [2.75, 3.05) is 7.11 Å². The summed E-state index contributed by atoms with van der Waals surface area (Å²) in [5.41, 5.74) is 1.87. The summed E-state index contributed by atoms with van der Waals surface area (Å²) in [5.74, 6) is 1.42. The van der Waals surface area contributed by atoms with Crippen molar-refractivity contribution in [2.24, 2.45) is 5.92 Å². The zero-order valence-corrected chi connectivity index (χ0v) is 12.1. The van der Waals surface area contributed by atoms with E-state index < -0.39 is 0 Å². The third-order valence-electron chi connectivity index (χ3n) is 3.68. The maximum Gasteiger partial charge on any atom is 0.176 e. The van der Waals surface area contributed by atoms with Crippen LogP contribution in [-0.2, 0) is 4.79 Å². The Kier molecular flexibility index (Phi) is 4.65. The Bertz CT molecular complexity index is 476. The fourth-order valence-electron chi connectivity index (χ4n) is 2.44. The van der Waals surface area contributed by atoms with E-state index in [2.05, 4.69) is 6.92 Å². The van der Waals surface area contributed by atoms with Gasteiger partial charge in [-0.25, -0.2) is 0 Å². The first-order valence-electron chi connectivity index (χ1n) is 6.67. The minimum atomic E-state index is -0.358. The van der Waals surface area contributed by atoms with Gasteiger partial charge in [-0.2, -0.15) is 0 Å². The SMILES string of the molecule is CCC1CC(=Cc2ccc(OC)cc2)C(=O)C(Cl)C1. The van der Waals surface area contributed by atoms with E-state index in [0.29, 0.717) is 5.92 Å². The summed E-state index contributed by atoms with van der Waals surface area (Å²) in [7, 11) is 1.64. The molecule has 0 heterocycles. The van der Waals surface area contributed by atoms with Crippen molar-refractivity contribution in [1.29, 1.82) is 0 Å². The Morgan fingerprint density at radius 1 is 1.37 bits per heavy atom. The minimum Gasteiger partial charge on any atom is -0.497 e. The quantitative estimate of drug-likeness (QED) is 0.615. The minimum absolute atomic E-state index is 0.0854. The monoisotopic (exact) mass is 278 g/mol. The van der Waals surface area contributed by atoms with Crippen molar-refractivity contribution in [3.63, 3.8) is 0 Å². The highest BCUT2D eigenvalue weighted by Crippen LogP contribution is 2.32. The topological polar surface area (TPSA) is 26.3 Å². The van der Waals surface area contributed by atoms with Gasteiger partial charge in [0.1, 0.15) is 5.75 Å². The average molecular weight is 279 g/mol. The molecule has 0 aliphatic heterocycles. The molecule has 2 rings (SSSR count). The summed E-state index contributed by atoms with van der Waals surface area (Å²) in [6.45, 7) is 2.15. The number of methoxy groups -OCH3 is 1. The molecule has 0 radical (unpaired) electrons. The molecule has 3 heteroatoms. The summed E-state index contributed by atoms with van der Waals surface area (Å²) in [5, 5.41) is -0.358. The van der Waals surface area contributed by atoms with Crippen molar-refractivity contribution in [3.05, 3.63) is 35.4 Å². The van der Waals surface area contributed by atoms with Gasteiger partial charge in [0.15, 0.2) is 5.78 Å². The van der Waals surface area contributed by atoms with Gasteiger partial charge < -0.3 is 4.74 Å². The van der Waals surface area contributed by atoms with E-state index in [1.54, 1.807) is 7.11 Å². The van der Waals surface area contributed by atoms with Crippen molar-refractivity contribution in [2.45, 2.75) is 31.6 Å². The molecule has 1 aliphatic rings. The van der Waals surface area contributed by atoms with Crippen LogP contribution in [-0.4, -0.2) is 18.3 Å². The molecule has 2 atom stereocenters. The van der Waals surface area contributed by atoms with Gasteiger partial charge in [0.05, 0.1) is 12.5 Å². The second kappa shape index (κ2) is 6.25. The zero-order chi connectivity index (χ0) is 13.8. The molecule has 1 aromatic rings. The van der Waals surface area contributed by atoms with E-state index in [4.69, 9.17) is 16.3 Å². The van der Waals surface area contributed by atoms with Crippen molar-refractivity contribution >= 4 is 23.5 Å². The van der Waals surface area contributed by atoms with Crippen LogP contribution in [0.2, 0.25) is 0 Å². The fraction of sp³-hybridized carbons (Fsp3) is 0.438. The van der Waals surface area contributed by atoms with Gasteiger partial charge in [0, 0.05) is 0 Å². The molecule has 19 heavy (non-hydrogen) atoms. The summed E-state index contributed by atoms with van der Waals surface area (Å²) < 4.78 is 5.12. The number of rotatable bonds is 3. The summed E-state index contributed by atoms with van der Waals surface area (Å²) in [6.07, 6.45) is 4.66. The fourth-order valence-corrected chi connectivity index (χ4v) is 2.83. The first kappa shape index (κ1) is 14.1. The van der Waals surface area contributed by atoms with E-state index in [1.807, 2.05) is 30.3 Å². The van der Waals surface area contributed by atoms with Crippen LogP contribution in [0.15, 0.2) is 29.8 Å². The smallest absolute Gasteiger partial charge is 0.176 e. The van der Waals surface area contributed by atoms with Gasteiger partial charge >= 0.3 is 0 Å². The molecule has 0 N–H and O–H groups in total. The maximum absolute atomic E-state index is 12.1. The third-order valence-corrected chi connectivity index (χ3v) is 4.06. The molecule has 0 bridgehead atoms. The lowest BCUT2D eigenvalue weighted by Crippen LogP contribution is -2.27. The van der Waals surface area contributed by atoms with Crippen molar-refractivity contribution < 1.29 is 9.53 Å². The number of carbonyl (C=O) groups is 1. The third kappa shape index (κ3) is 3.38. The van der Waals surface area contributed by atoms with Crippen LogP contribution in [0.3, 0.4) is 0 Å². The molecule has 0 aromatic heterocycles. The van der Waals surface area contributed by atoms with Crippen LogP contribution in [0.1, 0.15) is 31.7 Å². The van der Waals surface area contributed by atoms with Gasteiger partial charge in [0.25, 0.3) is 0 Å². The lowest BCUT2D eigenvalue weighted by Gasteiger charge is -2.25. The molecule has 2 unspecified atom stereocenters. The molecular weight excluding hydrogens is 260 g/mol. The van der Waals surface area contributed by atoms with Gasteiger partial charge in [-0.1, -0.05) is 25.5 Å². The largest absolute Gasteiger partial charge is 0.497 e. The van der Waals surface area contributed by atoms with Crippen LogP contribution in [0, 0.1) is 5.92 Å². The van der Waals surface area contributed by atoms with Gasteiger partial charge in [-0.3, -0.25) is 4.79 Å². The van der Waals surface area contributed by atoms with E-state index in [1.165, 1.54) is 0 Å². The number of halogens is 1. The van der Waals surface area contributed by atoms with Gasteiger partial charge in [0.2, 0.25) is 0 Å². The second-order valence-electron chi connectivity index (χ2n) is 4.99. The van der Waals surface area contributed by atoms with E-state index in [-0.39, 0.29) is 11.2 Å². The number of hydrogen-bond acceptors (Lipinski definition) is 2. The Morgan fingerprint density at radius 3 is 2.63 bits per heavy atom. The van der Waals surface area contributed by atoms with E-state index in [9.17, 15) is 4.79 Å². The number of allylic oxidation sites excluding steroid dienone is 1. The molecule has 1 aromatic carbocycles. The highest BCUT2D eigenvalue weighted by molar-refractivity contribution is 6.34. The predicted molar refractivity (Wildman–Crippen MR) is 78.6 cm³/mol. The van der Waals surface area contributed by atoms with Crippen molar-refractivity contribution in [1.82, 2.24) is 0 Å². The van der Waals surface area contributed by atoms with Gasteiger partial charge in [-0.05, 0) is 48.1 Å². The molecule has 1 aliphatic carbocycles. The standard InChI is InChI=1S/C16H19ClO2/c1-3-11-8-13(16(18)15(17)10-11)9-12-4-6-14(19-2)7-5-12/h4-7,9,11,15H,3,8,10H2,1-2H3. The number of ether oxygens (including phenoxy) is 1. The molecule has 2 nitrogen and oxygen atoms in total. The first-order chi connectivity index (χ1) is 9.13. The summed E-state index contributed by atoms with van der Waals surface area (Å²) >= 11 is 6.14. The summed E-state index contributed by atoms with van der Waals surface area (Å²) in [6, 6.07) is 7.71. The Hall–Kier alpha value is -1.28. The number of alkyl halides is 1. The van der Waals surface area contributed by atoms with Crippen LogP contribution < -0.4 is 4.74 Å². The number of ketones is 1. The Labute approximate surface area is 119 Å². The zero-order valence-electron chi connectivity index (χ0n) is 11.4. The van der Waals surface area contributed by atoms with Crippen LogP contribution in [0.25, 0.3) is 6.08 Å². The van der Waals surface area contributed by atoms with Crippen LogP contribution in [0.4, 0.5) is 0 Å². The average Bonchev–Trinajstić information content (AvgIpc) is 2.44. The maximum atomic E-state index is 12.1. The second-order valence-corrected chi connectivity index (χ2v) is 5.52. The summed E-state index contributed by atoms with van der Waals surface area (Å²) in [4.78, 5) is 12.1. The molecule has 1 fully saturated rings. The number of benzene rings is 1. The van der Waals surface area contributed by atoms with E-state index in [0.717, 1.165) is 36.1 Å². The highest BCUT2D eigenvalue weighted by atomic mass is 35.5. The number of carbonyl (C=O) groups excluding carboxylic acids is 1. The van der Waals surface area contributed by atoms with Gasteiger partial charge in [-0.15, -0.1) is 11.6 Å². The molecule has 102 valence electrons. The molecule has 0 amide bonds. The number of hydrogen-bond donors (Lipinski definition) is 0. The predicted octanol–water partition coefficient (Wildman–Crippen LogP) is 4.08. The first-order valence-corrected chi connectivity index (χ1v) is 7.10. The van der Waals surface area contributed by atoms with Crippen molar-refractivity contribution in [3.8, 4) is 5.75 Å². The van der Waals surface area contributed by atoms with Crippen LogP contribution in [0.5, 0.6) is 5.75 Å². The molecular formula is C16H19ClO2. The molecule has 1 saturated carbocycles. The van der Waals surface area contributed by atoms with E-state index >= 15 is 0 Å². The Morgan fingerprint density at radius 2 is 2.05 bits per heavy atom. The van der Waals surface area contributed by atoms with Crippen LogP contribution >= 0.6 is 11.6 Å².